The van der Waals surface area contributed by atoms with Crippen LogP contribution in [0.4, 0.5) is 0 Å². The fourth-order valence-electron chi connectivity index (χ4n) is 3.26. The van der Waals surface area contributed by atoms with Gasteiger partial charge in [0, 0.05) is 39.3 Å². The van der Waals surface area contributed by atoms with Gasteiger partial charge in [0.2, 0.25) is 0 Å². The maximum absolute atomic E-state index is 12.4. The molecule has 0 saturated carbocycles. The van der Waals surface area contributed by atoms with Crippen LogP contribution in [0.2, 0.25) is 0 Å². The number of amides is 1. The van der Waals surface area contributed by atoms with E-state index < -0.39 is 0 Å². The van der Waals surface area contributed by atoms with Crippen molar-refractivity contribution >= 4 is 5.91 Å². The van der Waals surface area contributed by atoms with Crippen LogP contribution in [-0.2, 0) is 16.0 Å². The molecule has 0 N–H and O–H groups in total. The van der Waals surface area contributed by atoms with E-state index in [9.17, 15) is 4.79 Å². The molecule has 2 heterocycles. The molecule has 4 nitrogen and oxygen atoms in total. The number of hydrogen-bond donors (Lipinski definition) is 0. The van der Waals surface area contributed by atoms with Crippen LogP contribution in [0.1, 0.15) is 24.8 Å². The fourth-order valence-corrected chi connectivity index (χ4v) is 3.26. The predicted octanol–water partition coefficient (Wildman–Crippen LogP) is 1.94. The minimum absolute atomic E-state index is 0.176. The van der Waals surface area contributed by atoms with Gasteiger partial charge in [-0.1, -0.05) is 30.3 Å². The quantitative estimate of drug-likeness (QED) is 0.852. The van der Waals surface area contributed by atoms with Crippen molar-refractivity contribution in [3.8, 4) is 0 Å². The Hall–Kier alpha value is -1.39. The Morgan fingerprint density at radius 2 is 1.86 bits per heavy atom. The summed E-state index contributed by atoms with van der Waals surface area (Å²) in [5.74, 6) is 0.211. The number of piperazine rings is 1. The summed E-state index contributed by atoms with van der Waals surface area (Å²) >= 11 is 0. The number of nitrogens with zero attached hydrogens (tertiary/aromatic N) is 2. The van der Waals surface area contributed by atoms with Crippen molar-refractivity contribution in [1.29, 1.82) is 0 Å². The first-order valence-electron chi connectivity index (χ1n) is 8.49. The van der Waals surface area contributed by atoms with Gasteiger partial charge in [0.15, 0.2) is 0 Å². The maximum Gasteiger partial charge on any atom is 0.251 e. The van der Waals surface area contributed by atoms with E-state index in [-0.39, 0.29) is 12.0 Å². The standard InChI is InChI=1S/C18H26N2O2/c21-18(17-8-4-5-15-22-17)20-13-11-19(12-14-20)10-9-16-6-2-1-3-7-16/h1-3,6-7,17H,4-5,8-15H2. The lowest BCUT2D eigenvalue weighted by Crippen LogP contribution is -2.52. The average Bonchev–Trinajstić information content (AvgIpc) is 2.61. The van der Waals surface area contributed by atoms with E-state index in [4.69, 9.17) is 4.74 Å². The first-order valence-corrected chi connectivity index (χ1v) is 8.49. The highest BCUT2D eigenvalue weighted by molar-refractivity contribution is 5.81. The Morgan fingerprint density at radius 1 is 1.09 bits per heavy atom. The topological polar surface area (TPSA) is 32.8 Å². The molecular formula is C18H26N2O2. The third-order valence-corrected chi connectivity index (χ3v) is 4.70. The Bertz CT molecular complexity index is 463. The van der Waals surface area contributed by atoms with Gasteiger partial charge in [-0.25, -0.2) is 0 Å². The largest absolute Gasteiger partial charge is 0.368 e. The third-order valence-electron chi connectivity index (χ3n) is 4.70. The van der Waals surface area contributed by atoms with Crippen LogP contribution in [-0.4, -0.2) is 61.1 Å². The summed E-state index contributed by atoms with van der Waals surface area (Å²) in [7, 11) is 0. The van der Waals surface area contributed by atoms with Gasteiger partial charge in [-0.05, 0) is 31.2 Å². The molecule has 1 aromatic carbocycles. The molecule has 1 aromatic rings. The predicted molar refractivity (Wildman–Crippen MR) is 86.8 cm³/mol. The summed E-state index contributed by atoms with van der Waals surface area (Å²) in [5, 5.41) is 0. The monoisotopic (exact) mass is 302 g/mol. The molecule has 2 aliphatic rings. The lowest BCUT2D eigenvalue weighted by molar-refractivity contribution is -0.148. The molecule has 1 unspecified atom stereocenters. The zero-order valence-electron chi connectivity index (χ0n) is 13.2. The van der Waals surface area contributed by atoms with E-state index in [1.807, 2.05) is 4.90 Å². The summed E-state index contributed by atoms with van der Waals surface area (Å²) < 4.78 is 5.62. The Morgan fingerprint density at radius 3 is 2.55 bits per heavy atom. The molecular weight excluding hydrogens is 276 g/mol. The summed E-state index contributed by atoms with van der Waals surface area (Å²) in [6.45, 7) is 5.46. The first kappa shape index (κ1) is 15.5. The van der Waals surface area contributed by atoms with Crippen molar-refractivity contribution in [2.75, 3.05) is 39.3 Å². The van der Waals surface area contributed by atoms with Gasteiger partial charge in [-0.2, -0.15) is 0 Å². The second kappa shape index (κ2) is 7.75. The average molecular weight is 302 g/mol. The Labute approximate surface area is 133 Å². The molecule has 0 aromatic heterocycles. The maximum atomic E-state index is 12.4. The molecule has 3 rings (SSSR count). The highest BCUT2D eigenvalue weighted by atomic mass is 16.5. The number of carbonyl (C=O) groups excluding carboxylic acids is 1. The number of hydrogen-bond acceptors (Lipinski definition) is 3. The van der Waals surface area contributed by atoms with Gasteiger partial charge < -0.3 is 9.64 Å². The van der Waals surface area contributed by atoms with Crippen LogP contribution in [0.15, 0.2) is 30.3 Å². The fraction of sp³-hybridized carbons (Fsp3) is 0.611. The molecule has 1 amide bonds. The molecule has 0 spiro atoms. The molecule has 2 fully saturated rings. The molecule has 0 aliphatic carbocycles. The number of carbonyl (C=O) groups is 1. The van der Waals surface area contributed by atoms with Gasteiger partial charge in [-0.15, -0.1) is 0 Å². The highest BCUT2D eigenvalue weighted by Gasteiger charge is 2.29. The molecule has 2 saturated heterocycles. The van der Waals surface area contributed by atoms with Crippen LogP contribution in [0, 0.1) is 0 Å². The third kappa shape index (κ3) is 4.08. The van der Waals surface area contributed by atoms with Crippen LogP contribution in [0.25, 0.3) is 0 Å². The van der Waals surface area contributed by atoms with Crippen molar-refractivity contribution in [3.05, 3.63) is 35.9 Å². The second-order valence-electron chi connectivity index (χ2n) is 6.26. The summed E-state index contributed by atoms with van der Waals surface area (Å²) in [6.07, 6.45) is 4.02. The smallest absolute Gasteiger partial charge is 0.251 e. The van der Waals surface area contributed by atoms with Crippen molar-refractivity contribution < 1.29 is 9.53 Å². The molecule has 0 radical (unpaired) electrons. The summed E-state index contributed by atoms with van der Waals surface area (Å²) in [5.41, 5.74) is 1.39. The SMILES string of the molecule is O=C(C1CCCCO1)N1CCN(CCc2ccccc2)CC1. The van der Waals surface area contributed by atoms with Crippen molar-refractivity contribution in [2.24, 2.45) is 0 Å². The molecule has 22 heavy (non-hydrogen) atoms. The summed E-state index contributed by atoms with van der Waals surface area (Å²) in [4.78, 5) is 16.9. The molecule has 2 aliphatic heterocycles. The minimum Gasteiger partial charge on any atom is -0.368 e. The number of benzene rings is 1. The van der Waals surface area contributed by atoms with Crippen molar-refractivity contribution in [2.45, 2.75) is 31.8 Å². The highest BCUT2D eigenvalue weighted by Crippen LogP contribution is 2.16. The Balaban J connectivity index is 1.41. The van der Waals surface area contributed by atoms with Gasteiger partial charge in [0.1, 0.15) is 6.10 Å². The van der Waals surface area contributed by atoms with E-state index in [1.54, 1.807) is 0 Å². The zero-order chi connectivity index (χ0) is 15.2. The normalized spacial score (nSPS) is 23.5. The van der Waals surface area contributed by atoms with Crippen LogP contribution in [0.5, 0.6) is 0 Å². The minimum atomic E-state index is -0.176. The van der Waals surface area contributed by atoms with Gasteiger partial charge >= 0.3 is 0 Å². The van der Waals surface area contributed by atoms with Gasteiger partial charge in [0.25, 0.3) is 5.91 Å². The Kier molecular flexibility index (Phi) is 5.46. The van der Waals surface area contributed by atoms with Crippen molar-refractivity contribution in [1.82, 2.24) is 9.80 Å². The van der Waals surface area contributed by atoms with E-state index in [1.165, 1.54) is 5.56 Å². The first-order chi connectivity index (χ1) is 10.8. The second-order valence-corrected chi connectivity index (χ2v) is 6.26. The van der Waals surface area contributed by atoms with Crippen LogP contribution < -0.4 is 0 Å². The molecule has 4 heteroatoms. The lowest BCUT2D eigenvalue weighted by Gasteiger charge is -2.37. The van der Waals surface area contributed by atoms with Crippen LogP contribution in [0.3, 0.4) is 0 Å². The number of rotatable bonds is 4. The number of ether oxygens (including phenoxy) is 1. The molecule has 0 bridgehead atoms. The van der Waals surface area contributed by atoms with E-state index in [0.717, 1.165) is 65.0 Å². The van der Waals surface area contributed by atoms with Crippen molar-refractivity contribution in [3.63, 3.8) is 0 Å². The van der Waals surface area contributed by atoms with E-state index >= 15 is 0 Å². The van der Waals surface area contributed by atoms with E-state index in [2.05, 4.69) is 35.2 Å². The molecule has 120 valence electrons. The van der Waals surface area contributed by atoms with Gasteiger partial charge in [0.05, 0.1) is 0 Å². The van der Waals surface area contributed by atoms with Crippen LogP contribution >= 0.6 is 0 Å². The lowest BCUT2D eigenvalue weighted by atomic mass is 10.1. The zero-order valence-corrected chi connectivity index (χ0v) is 13.2. The van der Waals surface area contributed by atoms with Gasteiger partial charge in [-0.3, -0.25) is 9.69 Å². The van der Waals surface area contributed by atoms with E-state index in [0.29, 0.717) is 0 Å². The summed E-state index contributed by atoms with van der Waals surface area (Å²) in [6, 6.07) is 10.6. The molecule has 1 atom stereocenters.